The molecule has 14 nitrogen and oxygen atoms in total. The number of aliphatic hydroxyl groups is 5. The maximum atomic E-state index is 12.8. The molecule has 64 heavy (non-hydrogen) atoms. The van der Waals surface area contributed by atoms with Gasteiger partial charge >= 0.3 is 19.8 Å². The van der Waals surface area contributed by atoms with Crippen LogP contribution in [-0.2, 0) is 37.4 Å². The number of carbonyl (C=O) groups is 2. The fourth-order valence-corrected chi connectivity index (χ4v) is 8.46. The van der Waals surface area contributed by atoms with Gasteiger partial charge in [-0.15, -0.1) is 0 Å². The lowest BCUT2D eigenvalue weighted by Gasteiger charge is -2.41. The van der Waals surface area contributed by atoms with Gasteiger partial charge in [0.05, 0.1) is 18.8 Å². The first-order valence-electron chi connectivity index (χ1n) is 24.6. The lowest BCUT2D eigenvalue weighted by Crippen LogP contribution is -2.64. The topological polar surface area (TPSA) is 222 Å². The van der Waals surface area contributed by atoms with E-state index >= 15 is 0 Å². The predicted molar refractivity (Wildman–Crippen MR) is 248 cm³/mol. The third kappa shape index (κ3) is 27.4. The summed E-state index contributed by atoms with van der Waals surface area (Å²) in [6.07, 6.45) is 30.5. The minimum atomic E-state index is -5.14. The van der Waals surface area contributed by atoms with Gasteiger partial charge in [0.1, 0.15) is 43.2 Å². The van der Waals surface area contributed by atoms with Crippen LogP contribution in [0.25, 0.3) is 0 Å². The summed E-state index contributed by atoms with van der Waals surface area (Å²) in [7, 11) is -5.14. The molecule has 2 aliphatic rings. The molecular weight excluding hydrogens is 843 g/mol. The van der Waals surface area contributed by atoms with Gasteiger partial charge in [-0.2, -0.15) is 0 Å². The van der Waals surface area contributed by atoms with Crippen LogP contribution in [0.4, 0.5) is 0 Å². The van der Waals surface area contributed by atoms with Crippen LogP contribution in [0.15, 0.2) is 48.6 Å². The molecule has 15 heteroatoms. The van der Waals surface area contributed by atoms with Crippen molar-refractivity contribution in [2.24, 2.45) is 0 Å². The Morgan fingerprint density at radius 1 is 0.562 bits per heavy atom. The zero-order chi connectivity index (χ0) is 46.8. The van der Waals surface area contributed by atoms with E-state index in [9.17, 15) is 44.6 Å². The number of ether oxygens (including phenoxy) is 3. The molecule has 0 radical (unpaired) electrons. The summed E-state index contributed by atoms with van der Waals surface area (Å²) in [6.45, 7) is 3.22. The van der Waals surface area contributed by atoms with Gasteiger partial charge < -0.3 is 44.6 Å². The summed E-state index contributed by atoms with van der Waals surface area (Å²) in [5.74, 6) is -1.17. The highest BCUT2D eigenvalue weighted by atomic mass is 31.2. The fourth-order valence-electron chi connectivity index (χ4n) is 7.49. The molecule has 1 heterocycles. The van der Waals surface area contributed by atoms with Crippen molar-refractivity contribution in [3.8, 4) is 0 Å². The van der Waals surface area contributed by atoms with Crippen LogP contribution in [-0.4, -0.2) is 111 Å². The Balaban J connectivity index is 1.71. The van der Waals surface area contributed by atoms with Gasteiger partial charge in [0, 0.05) is 12.8 Å². The Bertz CT molecular complexity index is 1370. The van der Waals surface area contributed by atoms with Crippen molar-refractivity contribution in [1.29, 1.82) is 0 Å². The molecule has 5 unspecified atom stereocenters. The lowest BCUT2D eigenvalue weighted by atomic mass is 9.85. The quantitative estimate of drug-likeness (QED) is 0.0111. The highest BCUT2D eigenvalue weighted by Crippen LogP contribution is 2.47. The third-order valence-corrected chi connectivity index (χ3v) is 12.6. The number of hydrogen-bond acceptors (Lipinski definition) is 13. The molecule has 1 saturated heterocycles. The van der Waals surface area contributed by atoms with E-state index in [1.54, 1.807) is 0 Å². The van der Waals surface area contributed by atoms with Gasteiger partial charge in [0.15, 0.2) is 6.10 Å². The van der Waals surface area contributed by atoms with Crippen LogP contribution in [0.1, 0.15) is 181 Å². The number of esters is 2. The molecule has 2 rings (SSSR count). The molecule has 1 saturated carbocycles. The van der Waals surface area contributed by atoms with E-state index in [1.807, 2.05) is 12.2 Å². The van der Waals surface area contributed by atoms with Crippen molar-refractivity contribution in [1.82, 2.24) is 0 Å². The SMILES string of the molecule is CCCCCCCC/C=C\CCCCCCCCCC(=O)O[C@H](COC(=O)CCC/C=C\C/C=C\C/C=C\CC1OC1CCCCC)COP(=O)(O)OC1[C@H](O)[C@H](O)C(O)[C@H](O)[C@H]1O. The predicted octanol–water partition coefficient (Wildman–Crippen LogP) is 8.94. The van der Waals surface area contributed by atoms with Gasteiger partial charge in [-0.3, -0.25) is 18.6 Å². The number of allylic oxidation sites excluding steroid dienone is 7. The fraction of sp³-hybridized carbons (Fsp3) is 0.796. The van der Waals surface area contributed by atoms with Crippen LogP contribution in [0.5, 0.6) is 0 Å². The highest BCUT2D eigenvalue weighted by Gasteiger charge is 2.51. The second-order valence-electron chi connectivity index (χ2n) is 17.3. The van der Waals surface area contributed by atoms with Gasteiger partial charge in [-0.1, -0.05) is 146 Å². The Labute approximate surface area is 384 Å². The zero-order valence-electron chi connectivity index (χ0n) is 39.0. The number of phosphoric acid groups is 1. The van der Waals surface area contributed by atoms with E-state index in [-0.39, 0.29) is 12.8 Å². The summed E-state index contributed by atoms with van der Waals surface area (Å²) in [6, 6.07) is 0. The third-order valence-electron chi connectivity index (χ3n) is 11.6. The van der Waals surface area contributed by atoms with Gasteiger partial charge in [0.2, 0.25) is 0 Å². The molecule has 6 N–H and O–H groups in total. The Hall–Kier alpha value is -2.23. The molecule has 0 aromatic rings. The first-order chi connectivity index (χ1) is 30.9. The summed E-state index contributed by atoms with van der Waals surface area (Å²) in [5, 5.41) is 50.2. The largest absolute Gasteiger partial charge is 0.472 e. The minimum Gasteiger partial charge on any atom is -0.462 e. The van der Waals surface area contributed by atoms with Crippen molar-refractivity contribution < 1.29 is 67.8 Å². The maximum absolute atomic E-state index is 12.8. The lowest BCUT2D eigenvalue weighted by molar-refractivity contribution is -0.220. The van der Waals surface area contributed by atoms with Crippen LogP contribution < -0.4 is 0 Å². The van der Waals surface area contributed by atoms with Crippen LogP contribution in [0.3, 0.4) is 0 Å². The first-order valence-corrected chi connectivity index (χ1v) is 26.1. The number of rotatable bonds is 39. The molecule has 10 atom stereocenters. The molecule has 2 fully saturated rings. The van der Waals surface area contributed by atoms with E-state index in [0.717, 1.165) is 70.6 Å². The normalized spacial score (nSPS) is 25.1. The smallest absolute Gasteiger partial charge is 0.462 e. The van der Waals surface area contributed by atoms with E-state index in [4.69, 9.17) is 23.3 Å². The molecule has 1 aliphatic carbocycles. The number of unbranched alkanes of at least 4 members (excludes halogenated alkanes) is 16. The number of epoxide rings is 1. The van der Waals surface area contributed by atoms with E-state index in [1.165, 1.54) is 64.2 Å². The van der Waals surface area contributed by atoms with Crippen molar-refractivity contribution >= 4 is 19.8 Å². The van der Waals surface area contributed by atoms with Gasteiger partial charge in [-0.05, 0) is 70.6 Å². The summed E-state index contributed by atoms with van der Waals surface area (Å²) >= 11 is 0. The summed E-state index contributed by atoms with van der Waals surface area (Å²) < 4.78 is 39.3. The molecule has 370 valence electrons. The second-order valence-corrected chi connectivity index (χ2v) is 18.8. The minimum absolute atomic E-state index is 0.0768. The average Bonchev–Trinajstić information content (AvgIpc) is 4.03. The second kappa shape index (κ2) is 35.9. The van der Waals surface area contributed by atoms with Gasteiger partial charge in [0.25, 0.3) is 0 Å². The van der Waals surface area contributed by atoms with Crippen molar-refractivity contribution in [3.63, 3.8) is 0 Å². The van der Waals surface area contributed by atoms with Crippen LogP contribution in [0, 0.1) is 0 Å². The van der Waals surface area contributed by atoms with E-state index < -0.39 is 75.7 Å². The Morgan fingerprint density at radius 3 is 1.67 bits per heavy atom. The Kier molecular flexibility index (Phi) is 32.5. The molecule has 0 aromatic heterocycles. The molecular formula is C49H85O14P. The summed E-state index contributed by atoms with van der Waals surface area (Å²) in [5.41, 5.74) is 0. The maximum Gasteiger partial charge on any atom is 0.472 e. The number of carbonyl (C=O) groups excluding carboxylic acids is 2. The molecule has 1 aliphatic heterocycles. The zero-order valence-corrected chi connectivity index (χ0v) is 39.9. The Morgan fingerprint density at radius 2 is 1.05 bits per heavy atom. The van der Waals surface area contributed by atoms with Crippen molar-refractivity contribution in [2.45, 2.75) is 236 Å². The molecule has 0 bridgehead atoms. The van der Waals surface area contributed by atoms with Crippen LogP contribution >= 0.6 is 7.82 Å². The standard InChI is InChI=1S/C49H85O14P/c1-3-5-7-8-9-10-11-12-13-14-15-16-17-22-25-28-32-36-43(51)61-39(38-60-64(57,58)63-49-47(55)45(53)44(52)46(54)48(49)56)37-59-42(50)35-31-27-24-21-19-18-20-23-26-30-34-41-40(62-41)33-29-6-4-2/h12-13,18,20-21,24,26,30,39-41,44-49,52-56H,3-11,14-17,19,22-23,25,27-29,31-38H2,1-2H3,(H,57,58)/b13-12-,20-18-,24-21-,30-26-/t39-,40?,41?,44?,45-,46+,47-,48-,49?/m1/s1. The van der Waals surface area contributed by atoms with E-state index in [2.05, 4.69) is 50.3 Å². The number of hydrogen-bond donors (Lipinski definition) is 6. The molecule has 0 spiro atoms. The van der Waals surface area contributed by atoms with Crippen molar-refractivity contribution in [2.75, 3.05) is 13.2 Å². The van der Waals surface area contributed by atoms with E-state index in [0.29, 0.717) is 31.5 Å². The monoisotopic (exact) mass is 929 g/mol. The number of aliphatic hydroxyl groups excluding tert-OH is 5. The molecule has 0 amide bonds. The first kappa shape index (κ1) is 57.9. The number of phosphoric ester groups is 1. The van der Waals surface area contributed by atoms with Gasteiger partial charge in [-0.25, -0.2) is 4.57 Å². The summed E-state index contributed by atoms with van der Waals surface area (Å²) in [4.78, 5) is 35.8. The average molecular weight is 929 g/mol. The van der Waals surface area contributed by atoms with Crippen LogP contribution in [0.2, 0.25) is 0 Å². The van der Waals surface area contributed by atoms with Crippen molar-refractivity contribution in [3.05, 3.63) is 48.6 Å². The molecule has 0 aromatic carbocycles. The highest BCUT2D eigenvalue weighted by molar-refractivity contribution is 7.47.